The Kier molecular flexibility index (Phi) is 3.89. The molecular weight excluding hydrogens is 246 g/mol. The van der Waals surface area contributed by atoms with Crippen LogP contribution < -0.4 is 5.73 Å². The maximum Gasteiger partial charge on any atom is 0.241 e. The number of nitrogens with two attached hydrogens (primary N) is 1. The fourth-order valence-corrected chi connectivity index (χ4v) is 2.14. The van der Waals surface area contributed by atoms with Gasteiger partial charge in [-0.05, 0) is 37.3 Å². The molecule has 0 fully saturated rings. The van der Waals surface area contributed by atoms with Crippen molar-refractivity contribution in [2.45, 2.75) is 16.9 Å². The SMILES string of the molecule is Cc1ccc(Sc2ccc(C=CC(N)=O)o2)cc1. The lowest BCUT2D eigenvalue weighted by molar-refractivity contribution is -0.113. The summed E-state index contributed by atoms with van der Waals surface area (Å²) >= 11 is 1.53. The lowest BCUT2D eigenvalue weighted by Gasteiger charge is -1.98. The van der Waals surface area contributed by atoms with Crippen molar-refractivity contribution in [1.82, 2.24) is 0 Å². The van der Waals surface area contributed by atoms with Crippen LogP contribution in [0.4, 0.5) is 0 Å². The molecule has 3 nitrogen and oxygen atoms in total. The molecule has 1 heterocycles. The van der Waals surface area contributed by atoms with Crippen molar-refractivity contribution >= 4 is 23.7 Å². The Morgan fingerprint density at radius 1 is 1.22 bits per heavy atom. The van der Waals surface area contributed by atoms with Gasteiger partial charge in [0.1, 0.15) is 5.76 Å². The van der Waals surface area contributed by atoms with Crippen LogP contribution in [0, 0.1) is 6.92 Å². The molecular formula is C14H13NO2S. The molecule has 2 rings (SSSR count). The van der Waals surface area contributed by atoms with Crippen molar-refractivity contribution in [3.8, 4) is 0 Å². The second-order valence-corrected chi connectivity index (χ2v) is 4.89. The smallest absolute Gasteiger partial charge is 0.241 e. The second-order valence-electron chi connectivity index (χ2n) is 3.81. The van der Waals surface area contributed by atoms with E-state index in [2.05, 4.69) is 12.1 Å². The first-order chi connectivity index (χ1) is 8.63. The number of rotatable bonds is 4. The standard InChI is InChI=1S/C14H13NO2S/c1-10-2-6-12(7-3-10)18-14-9-5-11(17-14)4-8-13(15)16/h2-9H,1H3,(H2,15,16). The topological polar surface area (TPSA) is 56.2 Å². The van der Waals surface area contributed by atoms with E-state index in [1.807, 2.05) is 25.1 Å². The molecule has 1 aromatic carbocycles. The number of carbonyl (C=O) groups excluding carboxylic acids is 1. The summed E-state index contributed by atoms with van der Waals surface area (Å²) in [6.07, 6.45) is 2.83. The largest absolute Gasteiger partial charge is 0.450 e. The molecule has 0 unspecified atom stereocenters. The molecule has 18 heavy (non-hydrogen) atoms. The van der Waals surface area contributed by atoms with Gasteiger partial charge >= 0.3 is 0 Å². The number of hydrogen-bond donors (Lipinski definition) is 1. The predicted octanol–water partition coefficient (Wildman–Crippen LogP) is 3.24. The molecule has 1 amide bonds. The Balaban J connectivity index is 2.06. The summed E-state index contributed by atoms with van der Waals surface area (Å²) in [5, 5.41) is 0.781. The van der Waals surface area contributed by atoms with Gasteiger partial charge in [0.25, 0.3) is 0 Å². The van der Waals surface area contributed by atoms with Crippen molar-refractivity contribution in [3.63, 3.8) is 0 Å². The van der Waals surface area contributed by atoms with Crippen molar-refractivity contribution in [1.29, 1.82) is 0 Å². The van der Waals surface area contributed by atoms with E-state index in [4.69, 9.17) is 10.2 Å². The van der Waals surface area contributed by atoms with Crippen LogP contribution in [0.2, 0.25) is 0 Å². The van der Waals surface area contributed by atoms with Crippen LogP contribution in [0.5, 0.6) is 0 Å². The summed E-state index contributed by atoms with van der Waals surface area (Å²) in [4.78, 5) is 11.7. The fourth-order valence-electron chi connectivity index (χ4n) is 1.37. The molecule has 0 atom stereocenters. The Labute approximate surface area is 110 Å². The van der Waals surface area contributed by atoms with Crippen molar-refractivity contribution in [2.75, 3.05) is 0 Å². The third-order valence-electron chi connectivity index (χ3n) is 2.25. The molecule has 0 spiro atoms. The summed E-state index contributed by atoms with van der Waals surface area (Å²) < 4.78 is 5.54. The molecule has 2 N–H and O–H groups in total. The van der Waals surface area contributed by atoms with Crippen LogP contribution in [-0.2, 0) is 4.79 Å². The maximum atomic E-state index is 10.6. The third-order valence-corrected chi connectivity index (χ3v) is 3.18. The first kappa shape index (κ1) is 12.5. The van der Waals surface area contributed by atoms with Gasteiger partial charge in [-0.3, -0.25) is 4.79 Å². The molecule has 0 bridgehead atoms. The van der Waals surface area contributed by atoms with Crippen LogP contribution >= 0.6 is 11.8 Å². The van der Waals surface area contributed by atoms with Crippen molar-refractivity contribution in [3.05, 3.63) is 53.8 Å². The molecule has 92 valence electrons. The van der Waals surface area contributed by atoms with E-state index in [1.165, 1.54) is 23.4 Å². The van der Waals surface area contributed by atoms with Gasteiger partial charge in [0.05, 0.1) is 0 Å². The highest BCUT2D eigenvalue weighted by Crippen LogP contribution is 2.29. The number of furan rings is 1. The van der Waals surface area contributed by atoms with Gasteiger partial charge in [0.2, 0.25) is 5.91 Å². The minimum Gasteiger partial charge on any atom is -0.450 e. The summed E-state index contributed by atoms with van der Waals surface area (Å²) in [7, 11) is 0. The Hall–Kier alpha value is -1.94. The van der Waals surface area contributed by atoms with Gasteiger partial charge < -0.3 is 10.2 Å². The average molecular weight is 259 g/mol. The summed E-state index contributed by atoms with van der Waals surface area (Å²) in [5.74, 6) is 0.127. The Morgan fingerprint density at radius 2 is 1.94 bits per heavy atom. The number of hydrogen-bond acceptors (Lipinski definition) is 3. The first-order valence-electron chi connectivity index (χ1n) is 5.45. The highest BCUT2D eigenvalue weighted by atomic mass is 32.2. The van der Waals surface area contributed by atoms with Gasteiger partial charge in [-0.2, -0.15) is 0 Å². The predicted molar refractivity (Wildman–Crippen MR) is 72.2 cm³/mol. The molecule has 2 aromatic rings. The van der Waals surface area contributed by atoms with Crippen LogP contribution in [0.25, 0.3) is 6.08 Å². The Morgan fingerprint density at radius 3 is 2.61 bits per heavy atom. The summed E-state index contributed by atoms with van der Waals surface area (Å²) in [6, 6.07) is 11.9. The minimum absolute atomic E-state index is 0.487. The monoisotopic (exact) mass is 259 g/mol. The fraction of sp³-hybridized carbons (Fsp3) is 0.0714. The average Bonchev–Trinajstić information content (AvgIpc) is 2.77. The van der Waals surface area contributed by atoms with E-state index in [9.17, 15) is 4.79 Å². The number of aryl methyl sites for hydroxylation is 1. The quantitative estimate of drug-likeness (QED) is 0.857. The Bertz CT molecular complexity index is 570. The molecule has 4 heteroatoms. The number of amides is 1. The van der Waals surface area contributed by atoms with Crippen LogP contribution in [0.3, 0.4) is 0 Å². The minimum atomic E-state index is -0.487. The molecule has 0 saturated carbocycles. The molecule has 0 aliphatic heterocycles. The molecule has 0 aliphatic rings. The van der Waals surface area contributed by atoms with Gasteiger partial charge in [-0.25, -0.2) is 0 Å². The zero-order valence-electron chi connectivity index (χ0n) is 9.92. The number of benzene rings is 1. The van der Waals surface area contributed by atoms with E-state index in [0.717, 1.165) is 9.99 Å². The highest BCUT2D eigenvalue weighted by Gasteiger charge is 2.02. The first-order valence-corrected chi connectivity index (χ1v) is 6.27. The highest BCUT2D eigenvalue weighted by molar-refractivity contribution is 7.99. The van der Waals surface area contributed by atoms with E-state index in [1.54, 1.807) is 12.1 Å². The van der Waals surface area contributed by atoms with Gasteiger partial charge in [-0.15, -0.1) is 0 Å². The van der Waals surface area contributed by atoms with Gasteiger partial charge in [0.15, 0.2) is 5.09 Å². The van der Waals surface area contributed by atoms with E-state index >= 15 is 0 Å². The van der Waals surface area contributed by atoms with Crippen LogP contribution in [0.15, 0.2) is 56.9 Å². The van der Waals surface area contributed by atoms with Crippen molar-refractivity contribution < 1.29 is 9.21 Å². The lowest BCUT2D eigenvalue weighted by atomic mass is 10.2. The molecule has 0 aliphatic carbocycles. The summed E-state index contributed by atoms with van der Waals surface area (Å²) in [6.45, 7) is 2.05. The molecule has 1 aromatic heterocycles. The normalized spacial score (nSPS) is 10.9. The number of primary amides is 1. The second kappa shape index (κ2) is 5.60. The van der Waals surface area contributed by atoms with E-state index < -0.39 is 5.91 Å². The summed E-state index contributed by atoms with van der Waals surface area (Å²) in [5.41, 5.74) is 6.24. The molecule has 0 radical (unpaired) electrons. The van der Waals surface area contributed by atoms with Crippen molar-refractivity contribution in [2.24, 2.45) is 5.73 Å². The zero-order chi connectivity index (χ0) is 13.0. The third kappa shape index (κ3) is 3.53. The van der Waals surface area contributed by atoms with Crippen LogP contribution in [0.1, 0.15) is 11.3 Å². The van der Waals surface area contributed by atoms with Gasteiger partial charge in [0, 0.05) is 11.0 Å². The number of carbonyl (C=O) groups is 1. The molecule has 0 saturated heterocycles. The van der Waals surface area contributed by atoms with E-state index in [0.29, 0.717) is 5.76 Å². The maximum absolute atomic E-state index is 10.6. The van der Waals surface area contributed by atoms with Crippen LogP contribution in [-0.4, -0.2) is 5.91 Å². The van der Waals surface area contributed by atoms with Gasteiger partial charge in [-0.1, -0.05) is 29.5 Å². The lowest BCUT2D eigenvalue weighted by Crippen LogP contribution is -2.04. The van der Waals surface area contributed by atoms with E-state index in [-0.39, 0.29) is 0 Å². The zero-order valence-corrected chi connectivity index (χ0v) is 10.7.